The summed E-state index contributed by atoms with van der Waals surface area (Å²) in [6, 6.07) is 12.7. The van der Waals surface area contributed by atoms with Gasteiger partial charge in [0.05, 0.1) is 11.2 Å². The third-order valence-electron chi connectivity index (χ3n) is 3.93. The van der Waals surface area contributed by atoms with Gasteiger partial charge in [-0.2, -0.15) is 5.10 Å². The van der Waals surface area contributed by atoms with Crippen LogP contribution in [-0.2, 0) is 0 Å². The first-order valence-electron chi connectivity index (χ1n) is 7.77. The second-order valence-corrected chi connectivity index (χ2v) is 6.45. The number of carbonyl (C=O) groups excluding carboxylic acids is 1. The molecule has 3 rings (SSSR count). The van der Waals surface area contributed by atoms with Gasteiger partial charge in [-0.05, 0) is 49.2 Å². The Bertz CT molecular complexity index is 753. The number of hydrogen-bond donors (Lipinski definition) is 1. The summed E-state index contributed by atoms with van der Waals surface area (Å²) in [5.74, 6) is -0.260. The molecule has 0 unspecified atom stereocenters. The highest BCUT2D eigenvalue weighted by Gasteiger charge is 2.12. The van der Waals surface area contributed by atoms with Crippen molar-refractivity contribution in [2.24, 2.45) is 5.10 Å². The van der Waals surface area contributed by atoms with E-state index < -0.39 is 0 Å². The van der Waals surface area contributed by atoms with Crippen LogP contribution >= 0.6 is 23.2 Å². The molecule has 1 saturated heterocycles. The van der Waals surface area contributed by atoms with Gasteiger partial charge in [0.1, 0.15) is 0 Å². The van der Waals surface area contributed by atoms with Crippen LogP contribution in [0.15, 0.2) is 47.6 Å². The van der Waals surface area contributed by atoms with E-state index in [-0.39, 0.29) is 5.91 Å². The van der Waals surface area contributed by atoms with Crippen LogP contribution in [0, 0.1) is 0 Å². The lowest BCUT2D eigenvalue weighted by Gasteiger charge is -2.17. The van der Waals surface area contributed by atoms with E-state index in [0.29, 0.717) is 21.2 Å². The summed E-state index contributed by atoms with van der Waals surface area (Å²) in [6.45, 7) is 2.16. The summed E-state index contributed by atoms with van der Waals surface area (Å²) in [5, 5.41) is 4.98. The molecule has 0 radical (unpaired) electrons. The summed E-state index contributed by atoms with van der Waals surface area (Å²) < 4.78 is 0. The maximum absolute atomic E-state index is 12.1. The Balaban J connectivity index is 1.61. The Hall–Kier alpha value is -2.04. The molecular weight excluding hydrogens is 345 g/mol. The highest BCUT2D eigenvalue weighted by atomic mass is 35.5. The monoisotopic (exact) mass is 361 g/mol. The average Bonchev–Trinajstić information content (AvgIpc) is 3.11. The molecule has 24 heavy (non-hydrogen) atoms. The maximum atomic E-state index is 12.1. The molecule has 6 heteroatoms. The van der Waals surface area contributed by atoms with Gasteiger partial charge < -0.3 is 4.90 Å². The van der Waals surface area contributed by atoms with Crippen LogP contribution in [0.4, 0.5) is 5.69 Å². The van der Waals surface area contributed by atoms with Crippen molar-refractivity contribution in [3.63, 3.8) is 0 Å². The summed E-state index contributed by atoms with van der Waals surface area (Å²) in [4.78, 5) is 14.4. The van der Waals surface area contributed by atoms with Gasteiger partial charge in [-0.25, -0.2) is 5.43 Å². The smallest absolute Gasteiger partial charge is 0.271 e. The number of hydrazone groups is 1. The minimum absolute atomic E-state index is 0.260. The van der Waals surface area contributed by atoms with E-state index in [1.807, 2.05) is 24.3 Å². The summed E-state index contributed by atoms with van der Waals surface area (Å²) in [7, 11) is 0. The number of hydrogen-bond acceptors (Lipinski definition) is 3. The van der Waals surface area contributed by atoms with Gasteiger partial charge in [-0.15, -0.1) is 0 Å². The van der Waals surface area contributed by atoms with Crippen LogP contribution in [0.3, 0.4) is 0 Å². The number of amides is 1. The first-order chi connectivity index (χ1) is 11.6. The van der Waals surface area contributed by atoms with E-state index in [1.54, 1.807) is 18.2 Å². The number of benzene rings is 2. The minimum atomic E-state index is -0.260. The lowest BCUT2D eigenvalue weighted by molar-refractivity contribution is 0.0955. The molecule has 0 atom stereocenters. The third kappa shape index (κ3) is 4.08. The van der Waals surface area contributed by atoms with Gasteiger partial charge in [0.15, 0.2) is 0 Å². The van der Waals surface area contributed by atoms with Crippen LogP contribution in [0.5, 0.6) is 0 Å². The first kappa shape index (κ1) is 16.8. The van der Waals surface area contributed by atoms with Crippen molar-refractivity contribution in [2.45, 2.75) is 12.8 Å². The van der Waals surface area contributed by atoms with E-state index in [4.69, 9.17) is 23.2 Å². The predicted octanol–water partition coefficient (Wildman–Crippen LogP) is 4.36. The molecule has 1 aliphatic rings. The second kappa shape index (κ2) is 7.69. The van der Waals surface area contributed by atoms with Gasteiger partial charge in [0, 0.05) is 34.9 Å². The minimum Gasteiger partial charge on any atom is -0.372 e. The van der Waals surface area contributed by atoms with Crippen molar-refractivity contribution in [2.75, 3.05) is 18.0 Å². The molecule has 0 aromatic heterocycles. The molecule has 0 aliphatic carbocycles. The Morgan fingerprint density at radius 2 is 1.79 bits per heavy atom. The standard InChI is InChI=1S/C18H17Cl2N3O/c19-15-6-3-14(17(20)11-15)12-21-22-18(24)13-4-7-16(8-5-13)23-9-1-2-10-23/h3-8,11-12H,1-2,9-10H2,(H,22,24)/b21-12-. The van der Waals surface area contributed by atoms with Gasteiger partial charge in [-0.1, -0.05) is 29.3 Å². The number of rotatable bonds is 4. The number of carbonyl (C=O) groups is 1. The Kier molecular flexibility index (Phi) is 5.38. The van der Waals surface area contributed by atoms with Gasteiger partial charge >= 0.3 is 0 Å². The highest BCUT2D eigenvalue weighted by molar-refractivity contribution is 6.36. The molecule has 2 aromatic rings. The zero-order valence-electron chi connectivity index (χ0n) is 13.0. The van der Waals surface area contributed by atoms with E-state index in [2.05, 4.69) is 15.4 Å². The van der Waals surface area contributed by atoms with Crippen molar-refractivity contribution < 1.29 is 4.79 Å². The van der Waals surface area contributed by atoms with E-state index in [1.165, 1.54) is 19.1 Å². The fraction of sp³-hybridized carbons (Fsp3) is 0.222. The van der Waals surface area contributed by atoms with Crippen LogP contribution in [0.2, 0.25) is 10.0 Å². The number of nitrogens with one attached hydrogen (secondary N) is 1. The summed E-state index contributed by atoms with van der Waals surface area (Å²) in [6.07, 6.45) is 3.95. The molecule has 0 saturated carbocycles. The van der Waals surface area contributed by atoms with Crippen molar-refractivity contribution in [3.05, 3.63) is 63.6 Å². The highest BCUT2D eigenvalue weighted by Crippen LogP contribution is 2.21. The number of anilines is 1. The largest absolute Gasteiger partial charge is 0.372 e. The SMILES string of the molecule is O=C(N/N=C\c1ccc(Cl)cc1Cl)c1ccc(N2CCCC2)cc1. The van der Waals surface area contributed by atoms with Crippen LogP contribution < -0.4 is 10.3 Å². The van der Waals surface area contributed by atoms with Gasteiger partial charge in [0.25, 0.3) is 5.91 Å². The number of nitrogens with zero attached hydrogens (tertiary/aromatic N) is 2. The molecule has 1 aliphatic heterocycles. The lowest BCUT2D eigenvalue weighted by Crippen LogP contribution is -2.19. The first-order valence-corrected chi connectivity index (χ1v) is 8.52. The lowest BCUT2D eigenvalue weighted by atomic mass is 10.2. The quantitative estimate of drug-likeness (QED) is 0.649. The molecule has 2 aromatic carbocycles. The number of halogens is 2. The average molecular weight is 362 g/mol. The van der Waals surface area contributed by atoms with Crippen molar-refractivity contribution in [1.29, 1.82) is 0 Å². The Morgan fingerprint density at radius 1 is 1.08 bits per heavy atom. The predicted molar refractivity (Wildman–Crippen MR) is 99.4 cm³/mol. The third-order valence-corrected chi connectivity index (χ3v) is 4.50. The summed E-state index contributed by atoms with van der Waals surface area (Å²) in [5.41, 5.74) is 4.91. The normalized spacial score (nSPS) is 14.3. The molecule has 1 fully saturated rings. The molecule has 1 heterocycles. The summed E-state index contributed by atoms with van der Waals surface area (Å²) >= 11 is 11.9. The zero-order valence-corrected chi connectivity index (χ0v) is 14.5. The zero-order chi connectivity index (χ0) is 16.9. The van der Waals surface area contributed by atoms with Crippen LogP contribution in [-0.4, -0.2) is 25.2 Å². The topological polar surface area (TPSA) is 44.7 Å². The second-order valence-electron chi connectivity index (χ2n) is 5.61. The van der Waals surface area contributed by atoms with Crippen LogP contribution in [0.25, 0.3) is 0 Å². The van der Waals surface area contributed by atoms with Crippen molar-refractivity contribution in [1.82, 2.24) is 5.43 Å². The molecule has 0 bridgehead atoms. The van der Waals surface area contributed by atoms with Crippen LogP contribution in [0.1, 0.15) is 28.8 Å². The van der Waals surface area contributed by atoms with Crippen molar-refractivity contribution in [3.8, 4) is 0 Å². The van der Waals surface area contributed by atoms with Gasteiger partial charge in [0.2, 0.25) is 0 Å². The molecule has 1 amide bonds. The fourth-order valence-corrected chi connectivity index (χ4v) is 3.09. The molecule has 4 nitrogen and oxygen atoms in total. The molecule has 124 valence electrons. The Labute approximate surface area is 151 Å². The van der Waals surface area contributed by atoms with Crippen molar-refractivity contribution >= 4 is 41.0 Å². The van der Waals surface area contributed by atoms with Gasteiger partial charge in [-0.3, -0.25) is 4.79 Å². The Morgan fingerprint density at radius 3 is 2.46 bits per heavy atom. The molecular formula is C18H17Cl2N3O. The maximum Gasteiger partial charge on any atom is 0.271 e. The fourth-order valence-electron chi connectivity index (χ4n) is 2.63. The molecule has 1 N–H and O–H groups in total. The molecule has 0 spiro atoms. The van der Waals surface area contributed by atoms with E-state index in [9.17, 15) is 4.79 Å². The van der Waals surface area contributed by atoms with E-state index >= 15 is 0 Å². The van der Waals surface area contributed by atoms with E-state index in [0.717, 1.165) is 18.8 Å².